The van der Waals surface area contributed by atoms with Crippen molar-refractivity contribution in [3.8, 4) is 0 Å². The molecule has 0 amide bonds. The smallest absolute Gasteiger partial charge is 0.260 e. The summed E-state index contributed by atoms with van der Waals surface area (Å²) in [5.41, 5.74) is 0.975. The van der Waals surface area contributed by atoms with Gasteiger partial charge in [-0.3, -0.25) is 5.10 Å². The van der Waals surface area contributed by atoms with Gasteiger partial charge in [0.25, 0.3) is 10.0 Å². The van der Waals surface area contributed by atoms with E-state index in [0.29, 0.717) is 12.1 Å². The fourth-order valence-electron chi connectivity index (χ4n) is 2.13. The van der Waals surface area contributed by atoms with Crippen LogP contribution in [0.5, 0.6) is 0 Å². The van der Waals surface area contributed by atoms with Crippen LogP contribution < -0.4 is 10.0 Å². The molecule has 1 aromatic heterocycles. The molecular formula is C12H24N4O2S. The van der Waals surface area contributed by atoms with Gasteiger partial charge >= 0.3 is 0 Å². The average molecular weight is 288 g/mol. The zero-order chi connectivity index (χ0) is 14.7. The average Bonchev–Trinajstić information content (AvgIpc) is 2.60. The maximum absolute atomic E-state index is 12.4. The lowest BCUT2D eigenvalue weighted by molar-refractivity contribution is 0.416. The number of rotatable bonds is 7. The summed E-state index contributed by atoms with van der Waals surface area (Å²) < 4.78 is 27.5. The summed E-state index contributed by atoms with van der Waals surface area (Å²) in [6.07, 6.45) is 1.69. The zero-order valence-corrected chi connectivity index (χ0v) is 13.1. The SMILES string of the molecule is CCCC(C)(C)NS(=O)(=O)c1n[nH]c(C)c1CNC. The van der Waals surface area contributed by atoms with Crippen molar-refractivity contribution in [2.75, 3.05) is 7.05 Å². The second-order valence-electron chi connectivity index (χ2n) is 5.40. The van der Waals surface area contributed by atoms with Crippen LogP contribution in [0.25, 0.3) is 0 Å². The first-order chi connectivity index (χ1) is 8.73. The van der Waals surface area contributed by atoms with Crippen LogP contribution in [0.3, 0.4) is 0 Å². The van der Waals surface area contributed by atoms with Crippen LogP contribution in [-0.2, 0) is 16.6 Å². The molecule has 1 rings (SSSR count). The van der Waals surface area contributed by atoms with Gasteiger partial charge in [-0.15, -0.1) is 0 Å². The Kier molecular flexibility index (Phi) is 5.11. The number of sulfonamides is 1. The summed E-state index contributed by atoms with van der Waals surface area (Å²) in [6, 6.07) is 0. The van der Waals surface area contributed by atoms with E-state index >= 15 is 0 Å². The van der Waals surface area contributed by atoms with E-state index in [4.69, 9.17) is 0 Å². The Hall–Kier alpha value is -0.920. The molecule has 1 heterocycles. The van der Waals surface area contributed by atoms with E-state index in [1.807, 2.05) is 27.7 Å². The molecule has 19 heavy (non-hydrogen) atoms. The third kappa shape index (κ3) is 4.02. The number of H-pyrrole nitrogens is 1. The second-order valence-corrected chi connectivity index (χ2v) is 7.00. The second kappa shape index (κ2) is 6.02. The van der Waals surface area contributed by atoms with Crippen molar-refractivity contribution in [3.05, 3.63) is 11.3 Å². The molecule has 1 aromatic rings. The normalized spacial score (nSPS) is 12.9. The van der Waals surface area contributed by atoms with Crippen molar-refractivity contribution in [1.82, 2.24) is 20.2 Å². The molecule has 0 atom stereocenters. The highest BCUT2D eigenvalue weighted by Gasteiger charge is 2.29. The van der Waals surface area contributed by atoms with Crippen molar-refractivity contribution in [2.45, 2.75) is 57.6 Å². The molecule has 0 radical (unpaired) electrons. The van der Waals surface area contributed by atoms with Crippen molar-refractivity contribution in [1.29, 1.82) is 0 Å². The Balaban J connectivity index is 3.07. The van der Waals surface area contributed by atoms with Crippen LogP contribution in [0.1, 0.15) is 44.9 Å². The van der Waals surface area contributed by atoms with Crippen molar-refractivity contribution in [3.63, 3.8) is 0 Å². The van der Waals surface area contributed by atoms with Crippen LogP contribution in [0.15, 0.2) is 5.03 Å². The summed E-state index contributed by atoms with van der Waals surface area (Å²) in [5, 5.41) is 9.72. The molecule has 0 unspecified atom stereocenters. The van der Waals surface area contributed by atoms with Gasteiger partial charge in [0.1, 0.15) is 0 Å². The van der Waals surface area contributed by atoms with Gasteiger partial charge in [-0.2, -0.15) is 5.10 Å². The van der Waals surface area contributed by atoms with Crippen molar-refractivity contribution >= 4 is 10.0 Å². The largest absolute Gasteiger partial charge is 0.316 e. The van der Waals surface area contributed by atoms with Gasteiger partial charge in [-0.1, -0.05) is 13.3 Å². The lowest BCUT2D eigenvalue weighted by Crippen LogP contribution is -2.43. The van der Waals surface area contributed by atoms with Gasteiger partial charge in [0.15, 0.2) is 5.03 Å². The molecule has 0 bridgehead atoms. The molecule has 3 N–H and O–H groups in total. The molecule has 0 aliphatic carbocycles. The quantitative estimate of drug-likeness (QED) is 0.705. The summed E-state index contributed by atoms with van der Waals surface area (Å²) in [7, 11) is -1.83. The van der Waals surface area contributed by atoms with Crippen LogP contribution in [0.2, 0.25) is 0 Å². The van der Waals surface area contributed by atoms with Crippen LogP contribution >= 0.6 is 0 Å². The molecule has 0 aliphatic heterocycles. The Bertz CT molecular complexity index is 520. The fourth-order valence-corrected chi connectivity index (χ4v) is 3.77. The molecule has 0 aromatic carbocycles. The van der Waals surface area contributed by atoms with Gasteiger partial charge in [0.2, 0.25) is 0 Å². The highest BCUT2D eigenvalue weighted by atomic mass is 32.2. The van der Waals surface area contributed by atoms with E-state index in [1.165, 1.54) is 0 Å². The minimum atomic E-state index is -3.60. The first kappa shape index (κ1) is 16.1. The topological polar surface area (TPSA) is 86.9 Å². The zero-order valence-electron chi connectivity index (χ0n) is 12.3. The summed E-state index contributed by atoms with van der Waals surface area (Å²) in [4.78, 5) is 0. The maximum Gasteiger partial charge on any atom is 0.260 e. The number of aromatic nitrogens is 2. The first-order valence-electron chi connectivity index (χ1n) is 6.46. The lowest BCUT2D eigenvalue weighted by atomic mass is 10.0. The third-order valence-electron chi connectivity index (χ3n) is 2.93. The van der Waals surface area contributed by atoms with E-state index in [9.17, 15) is 8.42 Å². The Morgan fingerprint density at radius 3 is 2.53 bits per heavy atom. The van der Waals surface area contributed by atoms with Crippen molar-refractivity contribution < 1.29 is 8.42 Å². The fraction of sp³-hybridized carbons (Fsp3) is 0.750. The molecule has 0 spiro atoms. The first-order valence-corrected chi connectivity index (χ1v) is 7.94. The molecular weight excluding hydrogens is 264 g/mol. The number of aromatic amines is 1. The van der Waals surface area contributed by atoms with Gasteiger partial charge < -0.3 is 5.32 Å². The predicted molar refractivity (Wildman–Crippen MR) is 75.4 cm³/mol. The summed E-state index contributed by atoms with van der Waals surface area (Å²) in [6.45, 7) is 8.07. The minimum Gasteiger partial charge on any atom is -0.316 e. The van der Waals surface area contributed by atoms with Crippen LogP contribution in [0.4, 0.5) is 0 Å². The number of aryl methyl sites for hydroxylation is 1. The molecule has 0 saturated heterocycles. The summed E-state index contributed by atoms with van der Waals surface area (Å²) >= 11 is 0. The van der Waals surface area contributed by atoms with E-state index in [-0.39, 0.29) is 5.03 Å². The number of nitrogens with one attached hydrogen (secondary N) is 3. The molecule has 0 saturated carbocycles. The standard InChI is InChI=1S/C12H24N4O2S/c1-6-7-12(3,4)16-19(17,18)11-10(8-13-5)9(2)14-15-11/h13,16H,6-8H2,1-5H3,(H,14,15). The van der Waals surface area contributed by atoms with Gasteiger partial charge in [-0.05, 0) is 34.2 Å². The number of hydrogen-bond acceptors (Lipinski definition) is 4. The van der Waals surface area contributed by atoms with Gasteiger partial charge in [0.05, 0.1) is 0 Å². The third-order valence-corrected chi connectivity index (χ3v) is 4.60. The van der Waals surface area contributed by atoms with E-state index in [0.717, 1.165) is 18.5 Å². The van der Waals surface area contributed by atoms with E-state index in [1.54, 1.807) is 7.05 Å². The highest BCUT2D eigenvalue weighted by Crippen LogP contribution is 2.20. The van der Waals surface area contributed by atoms with Crippen molar-refractivity contribution in [2.24, 2.45) is 0 Å². The molecule has 0 aliphatic rings. The lowest BCUT2D eigenvalue weighted by Gasteiger charge is -2.25. The Morgan fingerprint density at radius 1 is 1.37 bits per heavy atom. The molecule has 7 heteroatoms. The monoisotopic (exact) mass is 288 g/mol. The highest BCUT2D eigenvalue weighted by molar-refractivity contribution is 7.89. The number of hydrogen-bond donors (Lipinski definition) is 3. The predicted octanol–water partition coefficient (Wildman–Crippen LogP) is 1.29. The Labute approximate surface area is 115 Å². The Morgan fingerprint density at radius 2 is 2.00 bits per heavy atom. The van der Waals surface area contributed by atoms with E-state index in [2.05, 4.69) is 20.2 Å². The molecule has 0 fully saturated rings. The summed E-state index contributed by atoms with van der Waals surface area (Å²) in [5.74, 6) is 0. The van der Waals surface area contributed by atoms with Crippen LogP contribution in [0, 0.1) is 6.92 Å². The van der Waals surface area contributed by atoms with Gasteiger partial charge in [0, 0.05) is 23.3 Å². The molecule has 110 valence electrons. The number of nitrogens with zero attached hydrogens (tertiary/aromatic N) is 1. The molecule has 6 nitrogen and oxygen atoms in total. The van der Waals surface area contributed by atoms with E-state index < -0.39 is 15.6 Å². The minimum absolute atomic E-state index is 0.0866. The van der Waals surface area contributed by atoms with Gasteiger partial charge in [-0.25, -0.2) is 13.1 Å². The maximum atomic E-state index is 12.4. The van der Waals surface area contributed by atoms with Crippen LogP contribution in [-0.4, -0.2) is 31.2 Å².